The summed E-state index contributed by atoms with van der Waals surface area (Å²) < 4.78 is 5.05. The number of anilines is 1. The highest BCUT2D eigenvalue weighted by atomic mass is 16.5. The quantitative estimate of drug-likeness (QED) is 0.684. The van der Waals surface area contributed by atoms with Crippen LogP contribution in [-0.2, 0) is 14.4 Å². The first-order chi connectivity index (χ1) is 13.5. The van der Waals surface area contributed by atoms with Gasteiger partial charge in [0.2, 0.25) is 17.7 Å². The van der Waals surface area contributed by atoms with Crippen LogP contribution in [-0.4, -0.2) is 49.9 Å². The summed E-state index contributed by atoms with van der Waals surface area (Å²) in [6.45, 7) is -0.315. The number of methoxy groups -OCH3 is 1. The molecule has 0 atom stereocenters. The van der Waals surface area contributed by atoms with Crippen LogP contribution >= 0.6 is 0 Å². The molecule has 146 valence electrons. The summed E-state index contributed by atoms with van der Waals surface area (Å²) in [6.07, 6.45) is 3.02. The summed E-state index contributed by atoms with van der Waals surface area (Å²) in [6, 6.07) is 16.2. The van der Waals surface area contributed by atoms with Gasteiger partial charge in [0, 0.05) is 18.8 Å². The van der Waals surface area contributed by atoms with E-state index in [9.17, 15) is 14.4 Å². The number of ether oxygens (including phenoxy) is 1. The van der Waals surface area contributed by atoms with Crippen LogP contribution in [0.5, 0.6) is 5.75 Å². The Morgan fingerprint density at radius 2 is 1.71 bits per heavy atom. The lowest BCUT2D eigenvalue weighted by Gasteiger charge is -2.17. The molecule has 0 unspecified atom stereocenters. The second-order valence-electron chi connectivity index (χ2n) is 5.99. The summed E-state index contributed by atoms with van der Waals surface area (Å²) in [5, 5.41) is 5.20. The number of carbonyl (C=O) groups is 3. The molecule has 0 saturated heterocycles. The molecule has 2 aromatic carbocycles. The van der Waals surface area contributed by atoms with Gasteiger partial charge in [-0.2, -0.15) is 0 Å². The van der Waals surface area contributed by atoms with Crippen LogP contribution in [0.25, 0.3) is 6.08 Å². The van der Waals surface area contributed by atoms with Gasteiger partial charge in [0.25, 0.3) is 0 Å². The van der Waals surface area contributed by atoms with E-state index in [1.807, 2.05) is 30.3 Å². The SMILES string of the molecule is COc1ccc(NC(=O)CN(C)C(=O)CNC(=O)/C=C/c2ccccc2)cc1. The first-order valence-electron chi connectivity index (χ1n) is 8.67. The van der Waals surface area contributed by atoms with Crippen LogP contribution in [0.15, 0.2) is 60.7 Å². The van der Waals surface area contributed by atoms with Crippen molar-refractivity contribution in [3.63, 3.8) is 0 Å². The molecular weight excluding hydrogens is 358 g/mol. The molecule has 7 nitrogen and oxygen atoms in total. The maximum absolute atomic E-state index is 12.1. The Morgan fingerprint density at radius 3 is 2.36 bits per heavy atom. The standard InChI is InChI=1S/C21H23N3O4/c1-24(15-20(26)23-17-9-11-18(28-2)12-10-17)21(27)14-22-19(25)13-8-16-6-4-3-5-7-16/h3-13H,14-15H2,1-2H3,(H,22,25)(H,23,26)/b13-8+. The summed E-state index contributed by atoms with van der Waals surface area (Å²) in [7, 11) is 3.06. The first-order valence-corrected chi connectivity index (χ1v) is 8.67. The van der Waals surface area contributed by atoms with Gasteiger partial charge in [-0.15, -0.1) is 0 Å². The van der Waals surface area contributed by atoms with E-state index in [4.69, 9.17) is 4.74 Å². The number of hydrogen-bond donors (Lipinski definition) is 2. The number of likely N-dealkylation sites (N-methyl/N-ethyl adjacent to an activating group) is 1. The van der Waals surface area contributed by atoms with E-state index in [-0.39, 0.29) is 30.8 Å². The molecular formula is C21H23N3O4. The highest BCUT2D eigenvalue weighted by Gasteiger charge is 2.13. The van der Waals surface area contributed by atoms with Crippen molar-refractivity contribution in [3.05, 3.63) is 66.2 Å². The Bertz CT molecular complexity index is 832. The van der Waals surface area contributed by atoms with Crippen molar-refractivity contribution in [2.45, 2.75) is 0 Å². The molecule has 0 aliphatic heterocycles. The van der Waals surface area contributed by atoms with Gasteiger partial charge in [0.15, 0.2) is 0 Å². The Balaban J connectivity index is 1.74. The predicted octanol–water partition coefficient (Wildman–Crippen LogP) is 1.92. The number of benzene rings is 2. The first kappa shape index (κ1) is 20.7. The zero-order chi connectivity index (χ0) is 20.4. The normalized spacial score (nSPS) is 10.4. The molecule has 2 aromatic rings. The van der Waals surface area contributed by atoms with Gasteiger partial charge < -0.3 is 20.3 Å². The lowest BCUT2D eigenvalue weighted by atomic mass is 10.2. The minimum atomic E-state index is -0.381. The van der Waals surface area contributed by atoms with E-state index in [1.54, 1.807) is 37.5 Å². The molecule has 0 heterocycles. The van der Waals surface area contributed by atoms with E-state index in [2.05, 4.69) is 10.6 Å². The Hall–Kier alpha value is -3.61. The zero-order valence-electron chi connectivity index (χ0n) is 15.8. The molecule has 2 rings (SSSR count). The van der Waals surface area contributed by atoms with Crippen molar-refractivity contribution in [1.82, 2.24) is 10.2 Å². The van der Waals surface area contributed by atoms with Crippen molar-refractivity contribution in [1.29, 1.82) is 0 Å². The number of nitrogens with zero attached hydrogens (tertiary/aromatic N) is 1. The van der Waals surface area contributed by atoms with E-state index in [0.717, 1.165) is 5.56 Å². The molecule has 0 aliphatic carbocycles. The number of carbonyl (C=O) groups excluding carboxylic acids is 3. The maximum atomic E-state index is 12.1. The van der Waals surface area contributed by atoms with Crippen LogP contribution < -0.4 is 15.4 Å². The van der Waals surface area contributed by atoms with Crippen LogP contribution in [0.1, 0.15) is 5.56 Å². The van der Waals surface area contributed by atoms with Crippen molar-refractivity contribution < 1.29 is 19.1 Å². The second kappa shape index (κ2) is 10.5. The highest BCUT2D eigenvalue weighted by Crippen LogP contribution is 2.14. The summed E-state index contributed by atoms with van der Waals surface area (Å²) in [5.41, 5.74) is 1.49. The van der Waals surface area contributed by atoms with Crippen LogP contribution in [0, 0.1) is 0 Å². The van der Waals surface area contributed by atoms with Gasteiger partial charge >= 0.3 is 0 Å². The lowest BCUT2D eigenvalue weighted by molar-refractivity contribution is -0.133. The Kier molecular flexibility index (Phi) is 7.77. The molecule has 7 heteroatoms. The van der Waals surface area contributed by atoms with Gasteiger partial charge in [-0.3, -0.25) is 14.4 Å². The van der Waals surface area contributed by atoms with Gasteiger partial charge in [-0.25, -0.2) is 0 Å². The molecule has 2 N–H and O–H groups in total. The van der Waals surface area contributed by atoms with Crippen LogP contribution in [0.3, 0.4) is 0 Å². The number of nitrogens with one attached hydrogen (secondary N) is 2. The molecule has 0 spiro atoms. The highest BCUT2D eigenvalue weighted by molar-refractivity contribution is 5.96. The van der Waals surface area contributed by atoms with Crippen molar-refractivity contribution in [3.8, 4) is 5.75 Å². The summed E-state index contributed by atoms with van der Waals surface area (Å²) >= 11 is 0. The van der Waals surface area contributed by atoms with Gasteiger partial charge in [-0.1, -0.05) is 30.3 Å². The third kappa shape index (κ3) is 6.95. The Labute approximate surface area is 164 Å². The maximum Gasteiger partial charge on any atom is 0.244 e. The molecule has 0 aliphatic rings. The topological polar surface area (TPSA) is 87.7 Å². The van der Waals surface area contributed by atoms with Crippen LogP contribution in [0.2, 0.25) is 0 Å². The van der Waals surface area contributed by atoms with Gasteiger partial charge in [0.1, 0.15) is 5.75 Å². The van der Waals surface area contributed by atoms with Gasteiger partial charge in [-0.05, 0) is 35.9 Å². The monoisotopic (exact) mass is 381 g/mol. The lowest BCUT2D eigenvalue weighted by Crippen LogP contribution is -2.41. The molecule has 0 saturated carbocycles. The molecule has 28 heavy (non-hydrogen) atoms. The summed E-state index contributed by atoms with van der Waals surface area (Å²) in [5.74, 6) is -0.404. The average molecular weight is 381 g/mol. The fourth-order valence-electron chi connectivity index (χ4n) is 2.27. The minimum Gasteiger partial charge on any atom is -0.497 e. The third-order valence-electron chi connectivity index (χ3n) is 3.82. The van der Waals surface area contributed by atoms with Gasteiger partial charge in [0.05, 0.1) is 20.2 Å². The second-order valence-corrected chi connectivity index (χ2v) is 5.99. The molecule has 3 amide bonds. The van der Waals surface area contributed by atoms with Crippen LogP contribution in [0.4, 0.5) is 5.69 Å². The van der Waals surface area contributed by atoms with Crippen molar-refractivity contribution in [2.24, 2.45) is 0 Å². The third-order valence-corrected chi connectivity index (χ3v) is 3.82. The molecule has 0 aromatic heterocycles. The number of hydrogen-bond acceptors (Lipinski definition) is 4. The van der Waals surface area contributed by atoms with E-state index >= 15 is 0 Å². The molecule has 0 fully saturated rings. The summed E-state index contributed by atoms with van der Waals surface area (Å²) in [4.78, 5) is 37.2. The fraction of sp³-hybridized carbons (Fsp3) is 0.190. The van der Waals surface area contributed by atoms with E-state index < -0.39 is 0 Å². The average Bonchev–Trinajstić information content (AvgIpc) is 2.71. The number of rotatable bonds is 8. The fourth-order valence-corrected chi connectivity index (χ4v) is 2.27. The largest absolute Gasteiger partial charge is 0.497 e. The zero-order valence-corrected chi connectivity index (χ0v) is 15.8. The van der Waals surface area contributed by atoms with E-state index in [0.29, 0.717) is 11.4 Å². The predicted molar refractivity (Wildman–Crippen MR) is 108 cm³/mol. The minimum absolute atomic E-state index is 0.124. The Morgan fingerprint density at radius 1 is 1.04 bits per heavy atom. The molecule has 0 radical (unpaired) electrons. The van der Waals surface area contributed by atoms with Crippen molar-refractivity contribution >= 4 is 29.5 Å². The van der Waals surface area contributed by atoms with Crippen molar-refractivity contribution in [2.75, 3.05) is 32.6 Å². The smallest absolute Gasteiger partial charge is 0.244 e. The molecule has 0 bridgehead atoms. The van der Waals surface area contributed by atoms with E-state index in [1.165, 1.54) is 18.0 Å². The number of amides is 3.